The Morgan fingerprint density at radius 1 is 0.833 bits per heavy atom. The number of hydrogen-bond donors (Lipinski definition) is 0. The molecule has 0 saturated heterocycles. The molecule has 0 atom stereocenters. The van der Waals surface area contributed by atoms with Crippen molar-refractivity contribution in [1.29, 1.82) is 0 Å². The molecule has 0 spiro atoms. The lowest BCUT2D eigenvalue weighted by Gasteiger charge is -1.87. The first-order valence-electron chi connectivity index (χ1n) is 4.83. The molecule has 72 valence electrons. The van der Waals surface area contributed by atoms with E-state index in [0.717, 1.165) is 0 Å². The Hall–Kier alpha value is -0.520. The highest BCUT2D eigenvalue weighted by Crippen LogP contribution is 1.97. The molecule has 0 radical (unpaired) electrons. The van der Waals surface area contributed by atoms with E-state index >= 15 is 0 Å². The summed E-state index contributed by atoms with van der Waals surface area (Å²) in [4.78, 5) is 0. The van der Waals surface area contributed by atoms with Crippen LogP contribution in [0.3, 0.4) is 0 Å². The minimum absolute atomic E-state index is 1.18. The van der Waals surface area contributed by atoms with Crippen LogP contribution in [-0.4, -0.2) is 0 Å². The van der Waals surface area contributed by atoms with Gasteiger partial charge in [0.1, 0.15) is 0 Å². The van der Waals surface area contributed by atoms with Crippen LogP contribution in [-0.2, 0) is 0 Å². The van der Waals surface area contributed by atoms with Crippen molar-refractivity contribution in [1.82, 2.24) is 0 Å². The minimum Gasteiger partial charge on any atom is -0.100 e. The Labute approximate surface area is 78.4 Å². The van der Waals surface area contributed by atoms with Crippen LogP contribution in [0.1, 0.15) is 53.4 Å². The normalized spacial score (nSPS) is 8.33. The fourth-order valence-corrected chi connectivity index (χ4v) is 0.854. The molecule has 0 nitrogen and oxygen atoms in total. The zero-order valence-electron chi connectivity index (χ0n) is 9.24. The predicted octanol–water partition coefficient (Wildman–Crippen LogP) is 4.73. The zero-order chi connectivity index (χ0) is 9.98. The van der Waals surface area contributed by atoms with Crippen molar-refractivity contribution in [2.45, 2.75) is 53.4 Å². The summed E-state index contributed by atoms with van der Waals surface area (Å²) < 4.78 is 0. The summed E-state index contributed by atoms with van der Waals surface area (Å²) in [7, 11) is 0. The molecule has 0 saturated carbocycles. The molecule has 0 aromatic carbocycles. The van der Waals surface area contributed by atoms with Crippen LogP contribution >= 0.6 is 0 Å². The van der Waals surface area contributed by atoms with Gasteiger partial charge >= 0.3 is 0 Å². The molecule has 12 heavy (non-hydrogen) atoms. The number of hydrogen-bond acceptors (Lipinski definition) is 0. The molecular formula is C12H24. The maximum Gasteiger partial charge on any atom is -0.0328 e. The Morgan fingerprint density at radius 2 is 1.08 bits per heavy atom. The van der Waals surface area contributed by atoms with Crippen LogP contribution in [0, 0.1) is 0 Å². The van der Waals surface area contributed by atoms with Crippen molar-refractivity contribution < 1.29 is 0 Å². The van der Waals surface area contributed by atoms with Crippen molar-refractivity contribution in [3.05, 3.63) is 24.3 Å². The molecule has 0 amide bonds. The van der Waals surface area contributed by atoms with Crippen LogP contribution in [0.2, 0.25) is 0 Å². The Kier molecular flexibility index (Phi) is 12.3. The van der Waals surface area contributed by atoms with Gasteiger partial charge in [0.15, 0.2) is 0 Å². The molecule has 0 aliphatic carbocycles. The van der Waals surface area contributed by atoms with Crippen LogP contribution in [0.15, 0.2) is 24.3 Å². The van der Waals surface area contributed by atoms with Gasteiger partial charge in [-0.2, -0.15) is 0 Å². The molecule has 0 aromatic heterocycles. The summed E-state index contributed by atoms with van der Waals surface area (Å²) in [6.45, 7) is 15.9. The largest absolute Gasteiger partial charge is 0.100 e. The standard InChI is InChI=1S/2C6H12/c2*1-4-5-6(2)3/h2*2,4-5H2,1,3H3. The highest BCUT2D eigenvalue weighted by molar-refractivity contribution is 4.86. The first-order chi connectivity index (χ1) is 5.54. The van der Waals surface area contributed by atoms with Gasteiger partial charge in [-0.05, 0) is 26.7 Å². The number of rotatable bonds is 4. The molecule has 0 fully saturated rings. The van der Waals surface area contributed by atoms with Crippen molar-refractivity contribution in [2.75, 3.05) is 0 Å². The SMILES string of the molecule is C=C(C)CCC.C=C(C)CCC. The maximum atomic E-state index is 3.74. The van der Waals surface area contributed by atoms with E-state index in [1.807, 2.05) is 0 Å². The third kappa shape index (κ3) is 22.7. The van der Waals surface area contributed by atoms with Crippen LogP contribution < -0.4 is 0 Å². The second-order valence-electron chi connectivity index (χ2n) is 3.41. The highest BCUT2D eigenvalue weighted by Gasteiger charge is 1.76. The third-order valence-electron chi connectivity index (χ3n) is 1.35. The summed E-state index contributed by atoms with van der Waals surface area (Å²) >= 11 is 0. The monoisotopic (exact) mass is 168 g/mol. The Morgan fingerprint density at radius 3 is 1.08 bits per heavy atom. The van der Waals surface area contributed by atoms with E-state index in [-0.39, 0.29) is 0 Å². The molecule has 0 aromatic rings. The quantitative estimate of drug-likeness (QED) is 0.532. The fraction of sp³-hybridized carbons (Fsp3) is 0.667. The van der Waals surface area contributed by atoms with Gasteiger partial charge in [0.05, 0.1) is 0 Å². The van der Waals surface area contributed by atoms with Gasteiger partial charge < -0.3 is 0 Å². The second kappa shape index (κ2) is 10.5. The Balaban J connectivity index is 0. The molecule has 0 rings (SSSR count). The van der Waals surface area contributed by atoms with E-state index in [9.17, 15) is 0 Å². The molecule has 0 heterocycles. The third-order valence-corrected chi connectivity index (χ3v) is 1.35. The maximum absolute atomic E-state index is 3.74. The molecule has 0 aliphatic rings. The lowest BCUT2D eigenvalue weighted by Crippen LogP contribution is -1.66. The van der Waals surface area contributed by atoms with Crippen LogP contribution in [0.25, 0.3) is 0 Å². The van der Waals surface area contributed by atoms with Crippen molar-refractivity contribution in [2.24, 2.45) is 0 Å². The minimum atomic E-state index is 1.18. The fourth-order valence-electron chi connectivity index (χ4n) is 0.854. The summed E-state index contributed by atoms with van der Waals surface area (Å²) in [5.41, 5.74) is 2.58. The molecule has 0 N–H and O–H groups in total. The summed E-state index contributed by atoms with van der Waals surface area (Å²) in [6, 6.07) is 0. The zero-order valence-corrected chi connectivity index (χ0v) is 9.24. The van der Waals surface area contributed by atoms with Crippen molar-refractivity contribution in [3.8, 4) is 0 Å². The van der Waals surface area contributed by atoms with Crippen LogP contribution in [0.5, 0.6) is 0 Å². The van der Waals surface area contributed by atoms with E-state index in [0.29, 0.717) is 0 Å². The van der Waals surface area contributed by atoms with Crippen LogP contribution in [0.4, 0.5) is 0 Å². The lowest BCUT2D eigenvalue weighted by atomic mass is 10.2. The van der Waals surface area contributed by atoms with Gasteiger partial charge in [-0.3, -0.25) is 0 Å². The van der Waals surface area contributed by atoms with Gasteiger partial charge in [-0.15, -0.1) is 13.2 Å². The summed E-state index contributed by atoms with van der Waals surface area (Å²) in [6.07, 6.45) is 4.82. The van der Waals surface area contributed by atoms with E-state index in [1.165, 1.54) is 36.8 Å². The molecule has 0 unspecified atom stereocenters. The topological polar surface area (TPSA) is 0 Å². The predicted molar refractivity (Wildman–Crippen MR) is 59.4 cm³/mol. The van der Waals surface area contributed by atoms with Gasteiger partial charge in [0.2, 0.25) is 0 Å². The summed E-state index contributed by atoms with van der Waals surface area (Å²) in [5.74, 6) is 0. The molecular weight excluding hydrogens is 144 g/mol. The van der Waals surface area contributed by atoms with E-state index in [4.69, 9.17) is 0 Å². The molecule has 0 heteroatoms. The summed E-state index contributed by atoms with van der Waals surface area (Å²) in [5, 5.41) is 0. The molecule has 0 bridgehead atoms. The van der Waals surface area contributed by atoms with Gasteiger partial charge in [0.25, 0.3) is 0 Å². The van der Waals surface area contributed by atoms with Crippen molar-refractivity contribution in [3.63, 3.8) is 0 Å². The smallest absolute Gasteiger partial charge is 0.0328 e. The van der Waals surface area contributed by atoms with Gasteiger partial charge in [-0.1, -0.05) is 37.8 Å². The molecule has 0 aliphatic heterocycles. The highest BCUT2D eigenvalue weighted by atomic mass is 13.8. The van der Waals surface area contributed by atoms with Gasteiger partial charge in [0, 0.05) is 0 Å². The Bertz CT molecular complexity index is 104. The average Bonchev–Trinajstić information content (AvgIpc) is 1.87. The van der Waals surface area contributed by atoms with E-state index < -0.39 is 0 Å². The van der Waals surface area contributed by atoms with E-state index in [1.54, 1.807) is 0 Å². The van der Waals surface area contributed by atoms with E-state index in [2.05, 4.69) is 40.9 Å². The first-order valence-corrected chi connectivity index (χ1v) is 4.83. The first kappa shape index (κ1) is 14.0. The average molecular weight is 168 g/mol. The van der Waals surface area contributed by atoms with Crippen molar-refractivity contribution >= 4 is 0 Å². The van der Waals surface area contributed by atoms with Gasteiger partial charge in [-0.25, -0.2) is 0 Å². The number of allylic oxidation sites excluding steroid dienone is 2. The second-order valence-corrected chi connectivity index (χ2v) is 3.41. The lowest BCUT2D eigenvalue weighted by molar-refractivity contribution is 0.909.